The molecule has 0 aliphatic rings. The third-order valence-electron chi connectivity index (χ3n) is 2.69. The number of aryl methyl sites for hydroxylation is 2. The zero-order valence-electron chi connectivity index (χ0n) is 11.4. The van der Waals surface area contributed by atoms with Crippen molar-refractivity contribution in [3.63, 3.8) is 0 Å². The number of hydrogen-bond donors (Lipinski definition) is 1. The molecule has 0 heterocycles. The molecule has 1 rings (SSSR count). The minimum atomic E-state index is 1.09. The van der Waals surface area contributed by atoms with Crippen LogP contribution >= 0.6 is 11.8 Å². The van der Waals surface area contributed by atoms with Crippen LogP contribution in [0.15, 0.2) is 18.2 Å². The van der Waals surface area contributed by atoms with E-state index in [0.717, 1.165) is 12.3 Å². The summed E-state index contributed by atoms with van der Waals surface area (Å²) in [5, 5.41) is 3.36. The molecule has 1 aromatic rings. The summed E-state index contributed by atoms with van der Waals surface area (Å²) in [6.07, 6.45) is 2.62. The van der Waals surface area contributed by atoms with E-state index >= 15 is 0 Å². The van der Waals surface area contributed by atoms with Crippen LogP contribution in [0.5, 0.6) is 0 Å². The second-order valence-electron chi connectivity index (χ2n) is 4.61. The van der Waals surface area contributed by atoms with Crippen LogP contribution in [0.25, 0.3) is 0 Å². The molecule has 0 radical (unpaired) electrons. The molecule has 0 atom stereocenters. The third-order valence-corrected chi connectivity index (χ3v) is 3.81. The molecule has 2 heteroatoms. The summed E-state index contributed by atoms with van der Waals surface area (Å²) in [5.41, 5.74) is 4.24. The van der Waals surface area contributed by atoms with E-state index in [2.05, 4.69) is 56.0 Å². The summed E-state index contributed by atoms with van der Waals surface area (Å²) >= 11 is 2.05. The highest BCUT2D eigenvalue weighted by Crippen LogP contribution is 2.16. The average molecular weight is 251 g/mol. The maximum Gasteiger partial charge on any atom is 0.0184 e. The molecule has 0 saturated carbocycles. The predicted octanol–water partition coefficient (Wildman–Crippen LogP) is 3.93. The zero-order valence-corrected chi connectivity index (χ0v) is 12.2. The van der Waals surface area contributed by atoms with Crippen LogP contribution < -0.4 is 5.32 Å². The molecule has 0 fully saturated rings. The van der Waals surface area contributed by atoms with Gasteiger partial charge in [-0.3, -0.25) is 0 Å². The molecule has 0 unspecified atom stereocenters. The lowest BCUT2D eigenvalue weighted by molar-refractivity contribution is 0.666. The first-order valence-electron chi connectivity index (χ1n) is 6.58. The van der Waals surface area contributed by atoms with Crippen molar-refractivity contribution in [1.82, 2.24) is 5.32 Å². The Balaban J connectivity index is 2.13. The second kappa shape index (κ2) is 8.60. The normalized spacial score (nSPS) is 10.8. The van der Waals surface area contributed by atoms with Gasteiger partial charge < -0.3 is 5.32 Å². The molecule has 96 valence electrons. The van der Waals surface area contributed by atoms with Crippen molar-refractivity contribution in [3.8, 4) is 0 Å². The fraction of sp³-hybridized carbons (Fsp3) is 0.600. The molecule has 0 aliphatic heterocycles. The van der Waals surface area contributed by atoms with E-state index < -0.39 is 0 Å². The molecule has 0 saturated heterocycles. The van der Waals surface area contributed by atoms with Crippen molar-refractivity contribution in [2.75, 3.05) is 18.8 Å². The second-order valence-corrected chi connectivity index (χ2v) is 5.71. The molecule has 0 aliphatic carbocycles. The van der Waals surface area contributed by atoms with Crippen LogP contribution in [-0.2, 0) is 5.75 Å². The first-order chi connectivity index (χ1) is 8.22. The van der Waals surface area contributed by atoms with Gasteiger partial charge in [-0.15, -0.1) is 0 Å². The monoisotopic (exact) mass is 251 g/mol. The Morgan fingerprint density at radius 2 is 1.76 bits per heavy atom. The largest absolute Gasteiger partial charge is 0.317 e. The first-order valence-corrected chi connectivity index (χ1v) is 7.73. The van der Waals surface area contributed by atoms with Crippen molar-refractivity contribution in [1.29, 1.82) is 0 Å². The topological polar surface area (TPSA) is 12.0 Å². The van der Waals surface area contributed by atoms with Crippen LogP contribution in [0.4, 0.5) is 0 Å². The molecule has 1 nitrogen and oxygen atoms in total. The van der Waals surface area contributed by atoms with Crippen LogP contribution in [0, 0.1) is 13.8 Å². The van der Waals surface area contributed by atoms with Gasteiger partial charge in [-0.2, -0.15) is 11.8 Å². The Labute approximate surface area is 110 Å². The minimum Gasteiger partial charge on any atom is -0.317 e. The van der Waals surface area contributed by atoms with Crippen LogP contribution in [0.1, 0.15) is 36.5 Å². The molecule has 0 spiro atoms. The summed E-state index contributed by atoms with van der Waals surface area (Å²) in [6.45, 7) is 8.78. The molecule has 1 aromatic carbocycles. The molecule has 0 aromatic heterocycles. The van der Waals surface area contributed by atoms with Gasteiger partial charge in [-0.25, -0.2) is 0 Å². The summed E-state index contributed by atoms with van der Waals surface area (Å²) < 4.78 is 0. The quantitative estimate of drug-likeness (QED) is 0.703. The summed E-state index contributed by atoms with van der Waals surface area (Å²) in [7, 11) is 0. The Hall–Kier alpha value is -0.470. The first kappa shape index (κ1) is 14.6. The lowest BCUT2D eigenvalue weighted by Crippen LogP contribution is -2.13. The van der Waals surface area contributed by atoms with Gasteiger partial charge in [0.25, 0.3) is 0 Å². The summed E-state index contributed by atoms with van der Waals surface area (Å²) in [6, 6.07) is 6.85. The van der Waals surface area contributed by atoms with Gasteiger partial charge in [0.1, 0.15) is 0 Å². The number of hydrogen-bond acceptors (Lipinski definition) is 2. The van der Waals surface area contributed by atoms with Crippen molar-refractivity contribution >= 4 is 11.8 Å². The van der Waals surface area contributed by atoms with Gasteiger partial charge >= 0.3 is 0 Å². The minimum absolute atomic E-state index is 1.09. The van der Waals surface area contributed by atoms with Crippen LogP contribution in [-0.4, -0.2) is 18.8 Å². The number of benzene rings is 1. The van der Waals surface area contributed by atoms with Crippen molar-refractivity contribution in [3.05, 3.63) is 34.9 Å². The van der Waals surface area contributed by atoms with Crippen molar-refractivity contribution in [2.45, 2.75) is 39.4 Å². The lowest BCUT2D eigenvalue weighted by Gasteiger charge is -2.05. The van der Waals surface area contributed by atoms with Gasteiger partial charge in [0.05, 0.1) is 0 Å². The van der Waals surface area contributed by atoms with Gasteiger partial charge in [0.2, 0.25) is 0 Å². The van der Waals surface area contributed by atoms with E-state index in [1.807, 2.05) is 0 Å². The Kier molecular flexibility index (Phi) is 7.38. The number of thioether (sulfide) groups is 1. The summed E-state index contributed by atoms with van der Waals surface area (Å²) in [4.78, 5) is 0. The third kappa shape index (κ3) is 6.75. The van der Waals surface area contributed by atoms with E-state index in [1.165, 1.54) is 41.8 Å². The van der Waals surface area contributed by atoms with Gasteiger partial charge in [-0.1, -0.05) is 36.2 Å². The maximum atomic E-state index is 3.36. The predicted molar refractivity (Wildman–Crippen MR) is 79.9 cm³/mol. The van der Waals surface area contributed by atoms with E-state index in [-0.39, 0.29) is 0 Å². The maximum absolute atomic E-state index is 3.36. The molecular formula is C15H25NS. The van der Waals surface area contributed by atoms with Crippen LogP contribution in [0.3, 0.4) is 0 Å². The van der Waals surface area contributed by atoms with Gasteiger partial charge in [-0.05, 0) is 51.1 Å². The molecule has 0 bridgehead atoms. The zero-order chi connectivity index (χ0) is 12.5. The fourth-order valence-corrected chi connectivity index (χ4v) is 2.93. The highest BCUT2D eigenvalue weighted by molar-refractivity contribution is 7.98. The lowest BCUT2D eigenvalue weighted by atomic mass is 10.1. The smallest absolute Gasteiger partial charge is 0.0184 e. The van der Waals surface area contributed by atoms with Gasteiger partial charge in [0.15, 0.2) is 0 Å². The Bertz CT molecular complexity index is 302. The Morgan fingerprint density at radius 3 is 2.41 bits per heavy atom. The van der Waals surface area contributed by atoms with E-state index in [1.54, 1.807) is 0 Å². The summed E-state index contributed by atoms with van der Waals surface area (Å²) in [5.74, 6) is 2.43. The SMILES string of the molecule is CCNCCCCSCc1cc(C)cc(C)c1. The molecule has 0 amide bonds. The molecular weight excluding hydrogens is 226 g/mol. The number of unbranched alkanes of at least 4 members (excludes halogenated alkanes) is 1. The standard InChI is InChI=1S/C15H25NS/c1-4-16-7-5-6-8-17-12-15-10-13(2)9-14(3)11-15/h9-11,16H,4-8,12H2,1-3H3. The highest BCUT2D eigenvalue weighted by Gasteiger charge is 1.97. The molecule has 1 N–H and O–H groups in total. The van der Waals surface area contributed by atoms with E-state index in [4.69, 9.17) is 0 Å². The van der Waals surface area contributed by atoms with E-state index in [0.29, 0.717) is 0 Å². The fourth-order valence-electron chi connectivity index (χ4n) is 1.97. The van der Waals surface area contributed by atoms with Crippen LogP contribution in [0.2, 0.25) is 0 Å². The van der Waals surface area contributed by atoms with Crippen molar-refractivity contribution < 1.29 is 0 Å². The van der Waals surface area contributed by atoms with Crippen molar-refractivity contribution in [2.24, 2.45) is 0 Å². The average Bonchev–Trinajstić information content (AvgIpc) is 2.26. The van der Waals surface area contributed by atoms with Gasteiger partial charge in [0, 0.05) is 5.75 Å². The number of nitrogens with one attached hydrogen (secondary N) is 1. The van der Waals surface area contributed by atoms with E-state index in [9.17, 15) is 0 Å². The highest BCUT2D eigenvalue weighted by atomic mass is 32.2. The Morgan fingerprint density at radius 1 is 1.06 bits per heavy atom. The number of rotatable bonds is 8. The molecule has 17 heavy (non-hydrogen) atoms.